The number of anilines is 2. The van der Waals surface area contributed by atoms with Crippen LogP contribution < -0.4 is 10.0 Å². The molecule has 2 rings (SSSR count). The molecule has 1 aromatic carbocycles. The molecule has 20 heavy (non-hydrogen) atoms. The Morgan fingerprint density at radius 1 is 1.25 bits per heavy atom. The standard InChI is InChI=1S/C13H17N3O2S2/c1-3-8-14-11-4-6-12(7-5-11)20(17,18)16-13-15-9-10(2)19-13/h4-7,9,14H,3,8H2,1-2H3,(H,15,16). The van der Waals surface area contributed by atoms with Crippen molar-refractivity contribution < 1.29 is 8.42 Å². The molecule has 7 heteroatoms. The van der Waals surface area contributed by atoms with Gasteiger partial charge in [0.25, 0.3) is 10.0 Å². The SMILES string of the molecule is CCCNc1ccc(S(=O)(=O)Nc2ncc(C)s2)cc1. The van der Waals surface area contributed by atoms with Gasteiger partial charge in [-0.1, -0.05) is 6.92 Å². The van der Waals surface area contributed by atoms with E-state index >= 15 is 0 Å². The first-order chi connectivity index (χ1) is 9.51. The molecule has 0 atom stereocenters. The Balaban J connectivity index is 2.13. The van der Waals surface area contributed by atoms with E-state index in [9.17, 15) is 8.42 Å². The largest absolute Gasteiger partial charge is 0.385 e. The van der Waals surface area contributed by atoms with Crippen LogP contribution >= 0.6 is 11.3 Å². The second-order valence-corrected chi connectivity index (χ2v) is 7.25. The van der Waals surface area contributed by atoms with Gasteiger partial charge in [0.15, 0.2) is 5.13 Å². The Labute approximate surface area is 123 Å². The van der Waals surface area contributed by atoms with Crippen LogP contribution in [0.15, 0.2) is 35.4 Å². The normalized spacial score (nSPS) is 11.3. The number of hydrogen-bond donors (Lipinski definition) is 2. The predicted octanol–water partition coefficient (Wildman–Crippen LogP) is 3.07. The minimum atomic E-state index is -3.57. The molecule has 0 spiro atoms. The highest BCUT2D eigenvalue weighted by Gasteiger charge is 2.15. The number of thiazole rings is 1. The Bertz CT molecular complexity index is 663. The van der Waals surface area contributed by atoms with Gasteiger partial charge in [-0.2, -0.15) is 0 Å². The zero-order valence-electron chi connectivity index (χ0n) is 11.4. The lowest BCUT2D eigenvalue weighted by molar-refractivity contribution is 0.601. The molecule has 0 aliphatic rings. The topological polar surface area (TPSA) is 71.1 Å². The molecular weight excluding hydrogens is 294 g/mol. The molecule has 108 valence electrons. The Morgan fingerprint density at radius 3 is 2.50 bits per heavy atom. The van der Waals surface area contributed by atoms with E-state index < -0.39 is 10.0 Å². The monoisotopic (exact) mass is 311 g/mol. The lowest BCUT2D eigenvalue weighted by Gasteiger charge is -2.07. The van der Waals surface area contributed by atoms with E-state index in [-0.39, 0.29) is 4.90 Å². The van der Waals surface area contributed by atoms with E-state index in [2.05, 4.69) is 21.9 Å². The van der Waals surface area contributed by atoms with Crippen molar-refractivity contribution in [3.05, 3.63) is 35.3 Å². The molecular formula is C13H17N3O2S2. The van der Waals surface area contributed by atoms with Gasteiger partial charge in [0.2, 0.25) is 0 Å². The number of aromatic nitrogens is 1. The lowest BCUT2D eigenvalue weighted by atomic mass is 10.3. The zero-order valence-corrected chi connectivity index (χ0v) is 13.0. The maximum Gasteiger partial charge on any atom is 0.263 e. The summed E-state index contributed by atoms with van der Waals surface area (Å²) in [5.74, 6) is 0. The summed E-state index contributed by atoms with van der Waals surface area (Å²) >= 11 is 1.31. The van der Waals surface area contributed by atoms with E-state index in [4.69, 9.17) is 0 Å². The molecule has 1 heterocycles. The van der Waals surface area contributed by atoms with Gasteiger partial charge in [0, 0.05) is 23.3 Å². The summed E-state index contributed by atoms with van der Waals surface area (Å²) < 4.78 is 26.8. The highest BCUT2D eigenvalue weighted by Crippen LogP contribution is 2.21. The van der Waals surface area contributed by atoms with Crippen molar-refractivity contribution in [1.82, 2.24) is 4.98 Å². The summed E-state index contributed by atoms with van der Waals surface area (Å²) in [4.78, 5) is 5.19. The van der Waals surface area contributed by atoms with Crippen molar-refractivity contribution in [2.45, 2.75) is 25.2 Å². The molecule has 0 saturated heterocycles. The van der Waals surface area contributed by atoms with Crippen LogP contribution in [-0.2, 0) is 10.0 Å². The third-order valence-electron chi connectivity index (χ3n) is 2.59. The Morgan fingerprint density at radius 2 is 1.95 bits per heavy atom. The molecule has 0 aliphatic carbocycles. The highest BCUT2D eigenvalue weighted by molar-refractivity contribution is 7.93. The first-order valence-electron chi connectivity index (χ1n) is 6.30. The van der Waals surface area contributed by atoms with Gasteiger partial charge in [-0.15, -0.1) is 11.3 Å². The second-order valence-electron chi connectivity index (χ2n) is 4.33. The summed E-state index contributed by atoms with van der Waals surface area (Å²) in [5, 5.41) is 3.59. The number of nitrogens with one attached hydrogen (secondary N) is 2. The number of sulfonamides is 1. The molecule has 2 aromatic rings. The summed E-state index contributed by atoms with van der Waals surface area (Å²) in [6, 6.07) is 6.69. The van der Waals surface area contributed by atoms with E-state index in [1.807, 2.05) is 6.92 Å². The van der Waals surface area contributed by atoms with Crippen molar-refractivity contribution in [2.75, 3.05) is 16.6 Å². The van der Waals surface area contributed by atoms with Crippen LogP contribution in [0.3, 0.4) is 0 Å². The van der Waals surface area contributed by atoms with Crippen molar-refractivity contribution in [3.63, 3.8) is 0 Å². The predicted molar refractivity (Wildman–Crippen MR) is 82.9 cm³/mol. The van der Waals surface area contributed by atoms with Crippen LogP contribution in [0.25, 0.3) is 0 Å². The van der Waals surface area contributed by atoms with Crippen molar-refractivity contribution in [1.29, 1.82) is 0 Å². The lowest BCUT2D eigenvalue weighted by Crippen LogP contribution is -2.12. The summed E-state index contributed by atoms with van der Waals surface area (Å²) in [7, 11) is -3.57. The third kappa shape index (κ3) is 3.71. The fourth-order valence-electron chi connectivity index (χ4n) is 1.60. The minimum absolute atomic E-state index is 0.229. The molecule has 0 saturated carbocycles. The summed E-state index contributed by atoms with van der Waals surface area (Å²) in [5.41, 5.74) is 0.913. The van der Waals surface area contributed by atoms with Gasteiger partial charge >= 0.3 is 0 Å². The van der Waals surface area contributed by atoms with E-state index in [1.54, 1.807) is 30.5 Å². The fourth-order valence-corrected chi connectivity index (χ4v) is 3.50. The number of rotatable bonds is 6. The smallest absolute Gasteiger partial charge is 0.263 e. The van der Waals surface area contributed by atoms with Crippen LogP contribution in [0, 0.1) is 6.92 Å². The van der Waals surface area contributed by atoms with Crippen LogP contribution in [0.5, 0.6) is 0 Å². The molecule has 0 aliphatic heterocycles. The molecule has 0 fully saturated rings. The van der Waals surface area contributed by atoms with Gasteiger partial charge in [-0.05, 0) is 37.6 Å². The Hall–Kier alpha value is -1.60. The van der Waals surface area contributed by atoms with Crippen molar-refractivity contribution >= 4 is 32.2 Å². The average molecular weight is 311 g/mol. The average Bonchev–Trinajstić information content (AvgIpc) is 2.81. The van der Waals surface area contributed by atoms with Gasteiger partial charge in [0.05, 0.1) is 4.90 Å². The molecule has 0 radical (unpaired) electrons. The number of benzene rings is 1. The quantitative estimate of drug-likeness (QED) is 0.860. The molecule has 0 unspecified atom stereocenters. The first-order valence-corrected chi connectivity index (χ1v) is 8.60. The second kappa shape index (κ2) is 6.23. The van der Waals surface area contributed by atoms with Gasteiger partial charge in [-0.3, -0.25) is 4.72 Å². The maximum absolute atomic E-state index is 12.2. The van der Waals surface area contributed by atoms with Gasteiger partial charge in [0.1, 0.15) is 0 Å². The third-order valence-corrected chi connectivity index (χ3v) is 4.90. The molecule has 5 nitrogen and oxygen atoms in total. The van der Waals surface area contributed by atoms with Crippen LogP contribution in [0.2, 0.25) is 0 Å². The Kier molecular flexibility index (Phi) is 4.61. The van der Waals surface area contributed by atoms with Crippen LogP contribution in [0.4, 0.5) is 10.8 Å². The number of aryl methyl sites for hydroxylation is 1. The zero-order chi connectivity index (χ0) is 14.6. The maximum atomic E-state index is 12.2. The first kappa shape index (κ1) is 14.8. The summed E-state index contributed by atoms with van der Waals surface area (Å²) in [6.07, 6.45) is 2.66. The van der Waals surface area contributed by atoms with Gasteiger partial charge < -0.3 is 5.32 Å². The number of hydrogen-bond acceptors (Lipinski definition) is 5. The fraction of sp³-hybridized carbons (Fsp3) is 0.308. The molecule has 0 amide bonds. The molecule has 1 aromatic heterocycles. The molecule has 0 bridgehead atoms. The van der Waals surface area contributed by atoms with Crippen molar-refractivity contribution in [3.8, 4) is 0 Å². The summed E-state index contributed by atoms with van der Waals surface area (Å²) in [6.45, 7) is 4.82. The van der Waals surface area contributed by atoms with E-state index in [0.717, 1.165) is 23.5 Å². The van der Waals surface area contributed by atoms with E-state index in [0.29, 0.717) is 5.13 Å². The number of nitrogens with zero attached hydrogens (tertiary/aromatic N) is 1. The van der Waals surface area contributed by atoms with Gasteiger partial charge in [-0.25, -0.2) is 13.4 Å². The van der Waals surface area contributed by atoms with E-state index in [1.165, 1.54) is 11.3 Å². The minimum Gasteiger partial charge on any atom is -0.385 e. The van der Waals surface area contributed by atoms with Crippen molar-refractivity contribution in [2.24, 2.45) is 0 Å². The van der Waals surface area contributed by atoms with Crippen LogP contribution in [-0.4, -0.2) is 19.9 Å². The van der Waals surface area contributed by atoms with Crippen LogP contribution in [0.1, 0.15) is 18.2 Å². The molecule has 2 N–H and O–H groups in total. The highest BCUT2D eigenvalue weighted by atomic mass is 32.2.